The smallest absolute Gasteiger partial charge is 0.249 e. The van der Waals surface area contributed by atoms with Crippen LogP contribution >= 0.6 is 0 Å². The monoisotopic (exact) mass is 255 g/mol. The molecule has 0 bridgehead atoms. The molecule has 0 saturated carbocycles. The van der Waals surface area contributed by atoms with E-state index in [0.29, 0.717) is 12.2 Å². The van der Waals surface area contributed by atoms with Crippen molar-refractivity contribution in [2.45, 2.75) is 19.9 Å². The first-order valence-electron chi connectivity index (χ1n) is 6.30. The maximum atomic E-state index is 12.1. The Morgan fingerprint density at radius 3 is 2.53 bits per heavy atom. The fraction of sp³-hybridized carbons (Fsp3) is 0.267. The highest BCUT2D eigenvalue weighted by Crippen LogP contribution is 2.23. The van der Waals surface area contributed by atoms with E-state index in [1.807, 2.05) is 18.2 Å². The number of aryl methyl sites for hydroxylation is 1. The highest BCUT2D eigenvalue weighted by Gasteiger charge is 2.26. The van der Waals surface area contributed by atoms with Gasteiger partial charge in [-0.25, -0.2) is 0 Å². The van der Waals surface area contributed by atoms with E-state index in [2.05, 4.69) is 6.92 Å². The van der Waals surface area contributed by atoms with Gasteiger partial charge in [-0.3, -0.25) is 14.4 Å². The number of hydrogen-bond acceptors (Lipinski definition) is 4. The average molecular weight is 255 g/mol. The maximum absolute atomic E-state index is 12.1. The van der Waals surface area contributed by atoms with Gasteiger partial charge >= 0.3 is 0 Å². The normalized spacial score (nSPS) is 14.8. The van der Waals surface area contributed by atoms with Crippen LogP contribution in [0, 0.1) is 0 Å². The van der Waals surface area contributed by atoms with Gasteiger partial charge in [0.2, 0.25) is 10.9 Å². The van der Waals surface area contributed by atoms with Gasteiger partial charge in [-0.2, -0.15) is 0 Å². The molecule has 96 valence electrons. The largest absolute Gasteiger partial charge is 0.356 e. The molecule has 0 spiro atoms. The van der Waals surface area contributed by atoms with Gasteiger partial charge in [-0.1, -0.05) is 25.1 Å². The minimum Gasteiger partial charge on any atom is -0.356 e. The molecule has 1 aliphatic heterocycles. The summed E-state index contributed by atoms with van der Waals surface area (Å²) >= 11 is 0. The van der Waals surface area contributed by atoms with Crippen LogP contribution in [-0.2, 0) is 13.0 Å². The molecule has 3 rings (SSSR count). The zero-order valence-electron chi connectivity index (χ0n) is 10.6. The van der Waals surface area contributed by atoms with Crippen LogP contribution in [0.2, 0.25) is 0 Å². The summed E-state index contributed by atoms with van der Waals surface area (Å²) < 4.78 is 0. The van der Waals surface area contributed by atoms with Crippen molar-refractivity contribution in [1.82, 2.24) is 0 Å². The van der Waals surface area contributed by atoms with Crippen LogP contribution in [-0.4, -0.2) is 12.3 Å². The topological polar surface area (TPSA) is 54.5 Å². The summed E-state index contributed by atoms with van der Waals surface area (Å²) in [5, 5.41) is 0. The Morgan fingerprint density at radius 2 is 1.89 bits per heavy atom. The molecule has 2 aromatic carbocycles. The quantitative estimate of drug-likeness (QED) is 0.753. The standard InChI is InChI=1S/C15H13NO3/c1-2-9-3-4-11-10(5-9)7-16(8-14(11)18)12-6-13(17)15(12)19/h3-6H,2,7-8H2,1H3. The first kappa shape index (κ1) is 11.8. The molecule has 0 aliphatic carbocycles. The summed E-state index contributed by atoms with van der Waals surface area (Å²) in [6, 6.07) is 7.13. The Balaban J connectivity index is 1.99. The minimum absolute atomic E-state index is 0.00282. The molecule has 0 N–H and O–H groups in total. The Morgan fingerprint density at radius 1 is 1.11 bits per heavy atom. The lowest BCUT2D eigenvalue weighted by molar-refractivity contribution is 0.0992. The van der Waals surface area contributed by atoms with Crippen LogP contribution in [0.1, 0.15) is 28.4 Å². The van der Waals surface area contributed by atoms with E-state index in [-0.39, 0.29) is 12.3 Å². The van der Waals surface area contributed by atoms with Gasteiger partial charge < -0.3 is 4.90 Å². The van der Waals surface area contributed by atoms with E-state index in [4.69, 9.17) is 0 Å². The van der Waals surface area contributed by atoms with Crippen molar-refractivity contribution in [2.24, 2.45) is 0 Å². The number of nitrogens with zero attached hydrogens (tertiary/aromatic N) is 1. The second-order valence-electron chi connectivity index (χ2n) is 4.85. The molecule has 4 heteroatoms. The number of rotatable bonds is 2. The number of hydrogen-bond donors (Lipinski definition) is 0. The average Bonchev–Trinajstić information content (AvgIpc) is 2.43. The molecule has 1 heterocycles. The highest BCUT2D eigenvalue weighted by molar-refractivity contribution is 6.02. The van der Waals surface area contributed by atoms with Crippen LogP contribution < -0.4 is 15.8 Å². The van der Waals surface area contributed by atoms with E-state index >= 15 is 0 Å². The SMILES string of the molecule is CCc1ccc2c(c1)CN(c1cc(=O)c1=O)CC2=O. The number of fused-ring (bicyclic) bond motifs is 1. The Hall–Kier alpha value is -2.23. The lowest BCUT2D eigenvalue weighted by Gasteiger charge is -2.29. The Bertz CT molecular complexity index is 738. The number of Topliss-reactive ketones (excluding diaryl/α,β-unsaturated/α-hetero) is 1. The van der Waals surface area contributed by atoms with Gasteiger partial charge in [-0.05, 0) is 17.5 Å². The third-order valence-electron chi connectivity index (χ3n) is 3.64. The number of benzene rings is 1. The van der Waals surface area contributed by atoms with E-state index in [0.717, 1.165) is 17.5 Å². The number of anilines is 1. The second kappa shape index (κ2) is 4.16. The highest BCUT2D eigenvalue weighted by atomic mass is 16.2. The van der Waals surface area contributed by atoms with Gasteiger partial charge in [-0.15, -0.1) is 0 Å². The first-order chi connectivity index (χ1) is 9.10. The van der Waals surface area contributed by atoms with Gasteiger partial charge in [0.25, 0.3) is 0 Å². The predicted molar refractivity (Wildman–Crippen MR) is 72.6 cm³/mol. The van der Waals surface area contributed by atoms with Crippen LogP contribution in [0.3, 0.4) is 0 Å². The molecule has 0 saturated heterocycles. The fourth-order valence-electron chi connectivity index (χ4n) is 2.50. The van der Waals surface area contributed by atoms with E-state index in [9.17, 15) is 14.4 Å². The lowest BCUT2D eigenvalue weighted by Crippen LogP contribution is -2.43. The molecule has 0 amide bonds. The third kappa shape index (κ3) is 1.80. The number of ketones is 1. The zero-order chi connectivity index (χ0) is 13.6. The van der Waals surface area contributed by atoms with Gasteiger partial charge in [0.05, 0.1) is 12.2 Å². The second-order valence-corrected chi connectivity index (χ2v) is 4.85. The Labute approximate surface area is 110 Å². The molecule has 0 radical (unpaired) electrons. The first-order valence-corrected chi connectivity index (χ1v) is 6.30. The molecule has 0 atom stereocenters. The summed E-state index contributed by atoms with van der Waals surface area (Å²) in [4.78, 5) is 36.2. The fourth-order valence-corrected chi connectivity index (χ4v) is 2.50. The molecule has 0 fully saturated rings. The summed E-state index contributed by atoms with van der Waals surface area (Å²) in [5.74, 6) is -0.00282. The van der Waals surface area contributed by atoms with Crippen LogP contribution in [0.15, 0.2) is 33.9 Å². The summed E-state index contributed by atoms with van der Waals surface area (Å²) in [6.07, 6.45) is 0.904. The van der Waals surface area contributed by atoms with Gasteiger partial charge in [0, 0.05) is 18.2 Å². The summed E-state index contributed by atoms with van der Waals surface area (Å²) in [6.45, 7) is 2.74. The molecule has 4 nitrogen and oxygen atoms in total. The molecule has 1 aliphatic rings. The molecular formula is C15H13NO3. The van der Waals surface area contributed by atoms with Crippen molar-refractivity contribution in [3.8, 4) is 0 Å². The van der Waals surface area contributed by atoms with Crippen LogP contribution in [0.5, 0.6) is 0 Å². The van der Waals surface area contributed by atoms with Crippen LogP contribution in [0.4, 0.5) is 5.69 Å². The lowest BCUT2D eigenvalue weighted by atomic mass is 9.95. The van der Waals surface area contributed by atoms with Gasteiger partial charge in [0.1, 0.15) is 0 Å². The Kier molecular flexibility index (Phi) is 2.59. The van der Waals surface area contributed by atoms with Crippen molar-refractivity contribution in [2.75, 3.05) is 11.4 Å². The van der Waals surface area contributed by atoms with Crippen molar-refractivity contribution in [3.05, 3.63) is 61.4 Å². The number of carbonyl (C=O) groups excluding carboxylic acids is 1. The molecular weight excluding hydrogens is 242 g/mol. The summed E-state index contributed by atoms with van der Waals surface area (Å²) in [7, 11) is 0. The van der Waals surface area contributed by atoms with E-state index in [1.54, 1.807) is 4.90 Å². The van der Waals surface area contributed by atoms with Crippen molar-refractivity contribution >= 4 is 11.5 Å². The summed E-state index contributed by atoms with van der Waals surface area (Å²) in [5.41, 5.74) is 2.23. The van der Waals surface area contributed by atoms with Crippen molar-refractivity contribution in [1.29, 1.82) is 0 Å². The third-order valence-corrected chi connectivity index (χ3v) is 3.64. The van der Waals surface area contributed by atoms with Gasteiger partial charge in [0.15, 0.2) is 5.78 Å². The van der Waals surface area contributed by atoms with Crippen molar-refractivity contribution in [3.63, 3.8) is 0 Å². The van der Waals surface area contributed by atoms with E-state index in [1.165, 1.54) is 11.6 Å². The van der Waals surface area contributed by atoms with E-state index < -0.39 is 10.9 Å². The van der Waals surface area contributed by atoms with Crippen LogP contribution in [0.25, 0.3) is 0 Å². The molecule has 19 heavy (non-hydrogen) atoms. The predicted octanol–water partition coefficient (Wildman–Crippen LogP) is 1.05. The van der Waals surface area contributed by atoms with Crippen molar-refractivity contribution < 1.29 is 4.79 Å². The molecule has 0 unspecified atom stereocenters. The zero-order valence-corrected chi connectivity index (χ0v) is 10.6. The maximum Gasteiger partial charge on any atom is 0.249 e. The minimum atomic E-state index is -0.483. The molecule has 0 aromatic heterocycles. The molecule has 2 aromatic rings. The number of carbonyl (C=O) groups is 1.